The van der Waals surface area contributed by atoms with Crippen molar-refractivity contribution < 1.29 is 9.90 Å². The molecule has 3 nitrogen and oxygen atoms in total. The number of hydrogen-bond acceptors (Lipinski definition) is 2. The van der Waals surface area contributed by atoms with E-state index in [1.54, 1.807) is 0 Å². The first-order chi connectivity index (χ1) is 8.54. The fourth-order valence-corrected chi connectivity index (χ4v) is 5.44. The van der Waals surface area contributed by atoms with Crippen molar-refractivity contribution in [2.24, 2.45) is 29.6 Å². The van der Waals surface area contributed by atoms with E-state index in [1.807, 2.05) is 0 Å². The van der Waals surface area contributed by atoms with E-state index >= 15 is 0 Å². The Morgan fingerprint density at radius 1 is 1.11 bits per heavy atom. The monoisotopic (exact) mass is 251 g/mol. The van der Waals surface area contributed by atoms with Crippen LogP contribution in [0.25, 0.3) is 0 Å². The number of aliphatic carboxylic acids is 1. The summed E-state index contributed by atoms with van der Waals surface area (Å²) in [5.41, 5.74) is 0. The molecular formula is C15H25NO2. The second-order valence-corrected chi connectivity index (χ2v) is 7.14. The third kappa shape index (κ3) is 2.07. The lowest BCUT2D eigenvalue weighted by Crippen LogP contribution is -2.53. The Morgan fingerprint density at radius 3 is 2.00 bits per heavy atom. The normalized spacial score (nSPS) is 43.4. The van der Waals surface area contributed by atoms with Crippen LogP contribution in [0.3, 0.4) is 0 Å². The van der Waals surface area contributed by atoms with Gasteiger partial charge in [-0.15, -0.1) is 0 Å². The summed E-state index contributed by atoms with van der Waals surface area (Å²) in [5, 5.41) is 9.16. The topological polar surface area (TPSA) is 40.5 Å². The van der Waals surface area contributed by atoms with Gasteiger partial charge in [0, 0.05) is 6.04 Å². The van der Waals surface area contributed by atoms with Gasteiger partial charge in [0.05, 0.1) is 6.42 Å². The van der Waals surface area contributed by atoms with Crippen molar-refractivity contribution in [2.45, 2.75) is 44.6 Å². The average molecular weight is 251 g/mol. The molecule has 0 amide bonds. The summed E-state index contributed by atoms with van der Waals surface area (Å²) in [6, 6.07) is 0.248. The molecule has 4 aliphatic rings. The van der Waals surface area contributed by atoms with Crippen molar-refractivity contribution in [3.8, 4) is 0 Å². The molecule has 0 heterocycles. The summed E-state index contributed by atoms with van der Waals surface area (Å²) in [4.78, 5) is 13.3. The highest BCUT2D eigenvalue weighted by Crippen LogP contribution is 2.58. The largest absolute Gasteiger partial charge is 0.481 e. The van der Waals surface area contributed by atoms with Crippen LogP contribution in [0.2, 0.25) is 0 Å². The minimum absolute atomic E-state index is 0.248. The maximum Gasteiger partial charge on any atom is 0.304 e. The zero-order valence-electron chi connectivity index (χ0n) is 11.5. The van der Waals surface area contributed by atoms with E-state index in [1.165, 1.54) is 32.1 Å². The number of rotatable bonds is 4. The van der Waals surface area contributed by atoms with Gasteiger partial charge in [0.1, 0.15) is 0 Å². The quantitative estimate of drug-likeness (QED) is 0.834. The SMILES string of the molecule is CN(C)C(CC(=O)O)C1C2CC3CC(C2)CC1C3. The molecule has 4 fully saturated rings. The zero-order valence-corrected chi connectivity index (χ0v) is 11.5. The Hall–Kier alpha value is -0.570. The van der Waals surface area contributed by atoms with Crippen LogP contribution in [0, 0.1) is 29.6 Å². The van der Waals surface area contributed by atoms with E-state index in [0.29, 0.717) is 12.3 Å². The van der Waals surface area contributed by atoms with E-state index in [-0.39, 0.29) is 6.04 Å². The minimum Gasteiger partial charge on any atom is -0.481 e. The zero-order chi connectivity index (χ0) is 12.9. The van der Waals surface area contributed by atoms with Gasteiger partial charge in [-0.2, -0.15) is 0 Å². The third-order valence-electron chi connectivity index (χ3n) is 5.79. The van der Waals surface area contributed by atoms with Gasteiger partial charge in [0.2, 0.25) is 0 Å². The molecule has 0 aromatic rings. The van der Waals surface area contributed by atoms with Crippen molar-refractivity contribution in [2.75, 3.05) is 14.1 Å². The second-order valence-electron chi connectivity index (χ2n) is 7.14. The standard InChI is InChI=1S/C15H25NO2/c1-16(2)13(8-14(17)18)15-11-4-9-3-10(6-11)7-12(15)5-9/h9-13,15H,3-8H2,1-2H3,(H,17,18). The van der Waals surface area contributed by atoms with Gasteiger partial charge in [0.25, 0.3) is 0 Å². The Kier molecular flexibility index (Phi) is 3.13. The molecule has 4 aliphatic carbocycles. The molecular weight excluding hydrogens is 226 g/mol. The molecule has 18 heavy (non-hydrogen) atoms. The van der Waals surface area contributed by atoms with Crippen molar-refractivity contribution in [1.82, 2.24) is 4.90 Å². The molecule has 0 aliphatic heterocycles. The molecule has 3 heteroatoms. The smallest absolute Gasteiger partial charge is 0.304 e. The maximum absolute atomic E-state index is 11.1. The predicted octanol–water partition coefficient (Wildman–Crippen LogP) is 2.46. The van der Waals surface area contributed by atoms with Crippen LogP contribution in [-0.4, -0.2) is 36.1 Å². The molecule has 102 valence electrons. The molecule has 4 bridgehead atoms. The van der Waals surface area contributed by atoms with E-state index in [0.717, 1.165) is 23.7 Å². The Labute approximate surface area is 110 Å². The van der Waals surface area contributed by atoms with Gasteiger partial charge in [-0.1, -0.05) is 0 Å². The summed E-state index contributed by atoms with van der Waals surface area (Å²) in [6.45, 7) is 0. The lowest BCUT2D eigenvalue weighted by molar-refractivity contribution is -0.141. The highest BCUT2D eigenvalue weighted by Gasteiger charge is 2.51. The summed E-state index contributed by atoms with van der Waals surface area (Å²) in [5.74, 6) is 3.57. The first kappa shape index (κ1) is 12.5. The fraction of sp³-hybridized carbons (Fsp3) is 0.933. The van der Waals surface area contributed by atoms with Crippen LogP contribution < -0.4 is 0 Å². The minimum atomic E-state index is -0.637. The molecule has 4 saturated carbocycles. The highest BCUT2D eigenvalue weighted by atomic mass is 16.4. The Balaban J connectivity index is 1.79. The average Bonchev–Trinajstić information content (AvgIpc) is 2.25. The number of hydrogen-bond donors (Lipinski definition) is 1. The van der Waals surface area contributed by atoms with E-state index in [9.17, 15) is 4.79 Å². The summed E-state index contributed by atoms with van der Waals surface area (Å²) >= 11 is 0. The first-order valence-corrected chi connectivity index (χ1v) is 7.42. The maximum atomic E-state index is 11.1. The number of carboxylic acids is 1. The lowest BCUT2D eigenvalue weighted by Gasteiger charge is -2.57. The van der Waals surface area contributed by atoms with Crippen LogP contribution in [0.15, 0.2) is 0 Å². The van der Waals surface area contributed by atoms with Gasteiger partial charge in [-0.25, -0.2) is 0 Å². The van der Waals surface area contributed by atoms with Gasteiger partial charge >= 0.3 is 5.97 Å². The van der Waals surface area contributed by atoms with Gasteiger partial charge < -0.3 is 10.0 Å². The van der Waals surface area contributed by atoms with Crippen molar-refractivity contribution in [3.63, 3.8) is 0 Å². The lowest BCUT2D eigenvalue weighted by atomic mass is 9.50. The van der Waals surface area contributed by atoms with Crippen LogP contribution in [0.5, 0.6) is 0 Å². The molecule has 0 spiro atoms. The molecule has 1 atom stereocenters. The Morgan fingerprint density at radius 2 is 1.61 bits per heavy atom. The molecule has 1 N–H and O–H groups in total. The predicted molar refractivity (Wildman–Crippen MR) is 70.3 cm³/mol. The number of carbonyl (C=O) groups is 1. The van der Waals surface area contributed by atoms with E-state index in [4.69, 9.17) is 5.11 Å². The van der Waals surface area contributed by atoms with Crippen molar-refractivity contribution in [3.05, 3.63) is 0 Å². The summed E-state index contributed by atoms with van der Waals surface area (Å²) in [6.07, 6.45) is 7.29. The number of carboxylic acid groups (broad SMARTS) is 1. The highest BCUT2D eigenvalue weighted by molar-refractivity contribution is 5.67. The van der Waals surface area contributed by atoms with Gasteiger partial charge in [-0.3, -0.25) is 4.79 Å². The molecule has 0 aromatic carbocycles. The fourth-order valence-electron chi connectivity index (χ4n) is 5.44. The molecule has 1 unspecified atom stereocenters. The molecule has 0 aromatic heterocycles. The van der Waals surface area contributed by atoms with Crippen LogP contribution in [-0.2, 0) is 4.79 Å². The van der Waals surface area contributed by atoms with Crippen LogP contribution >= 0.6 is 0 Å². The van der Waals surface area contributed by atoms with Crippen LogP contribution in [0.1, 0.15) is 38.5 Å². The summed E-state index contributed by atoms with van der Waals surface area (Å²) in [7, 11) is 4.11. The van der Waals surface area contributed by atoms with Gasteiger partial charge in [-0.05, 0) is 75.8 Å². The first-order valence-electron chi connectivity index (χ1n) is 7.42. The van der Waals surface area contributed by atoms with Gasteiger partial charge in [0.15, 0.2) is 0 Å². The van der Waals surface area contributed by atoms with Crippen molar-refractivity contribution >= 4 is 5.97 Å². The third-order valence-corrected chi connectivity index (χ3v) is 5.79. The van der Waals surface area contributed by atoms with Crippen molar-refractivity contribution in [1.29, 1.82) is 0 Å². The number of nitrogens with zero attached hydrogens (tertiary/aromatic N) is 1. The van der Waals surface area contributed by atoms with E-state index < -0.39 is 5.97 Å². The Bertz CT molecular complexity index is 311. The molecule has 0 saturated heterocycles. The summed E-state index contributed by atoms with van der Waals surface area (Å²) < 4.78 is 0. The van der Waals surface area contributed by atoms with E-state index in [2.05, 4.69) is 19.0 Å². The molecule has 0 radical (unpaired) electrons. The van der Waals surface area contributed by atoms with Crippen LogP contribution in [0.4, 0.5) is 0 Å². The molecule has 4 rings (SSSR count). The second kappa shape index (κ2) is 4.52.